The third-order valence-electron chi connectivity index (χ3n) is 3.05. The molecule has 110 valence electrons. The third kappa shape index (κ3) is 3.99. The average Bonchev–Trinajstić information content (AvgIpc) is 2.54. The molecular weight excluding hydrogens is 266 g/mol. The Bertz CT molecular complexity index is 593. The molecule has 0 bridgehead atoms. The smallest absolute Gasteiger partial charge is 0.339 e. The summed E-state index contributed by atoms with van der Waals surface area (Å²) < 4.78 is 10.2. The molecule has 0 spiro atoms. The van der Waals surface area contributed by atoms with E-state index >= 15 is 0 Å². The molecule has 0 radical (unpaired) electrons. The van der Waals surface area contributed by atoms with Gasteiger partial charge in [0.1, 0.15) is 5.75 Å². The fourth-order valence-corrected chi connectivity index (χ4v) is 1.99. The van der Waals surface area contributed by atoms with Crippen molar-refractivity contribution in [1.29, 1.82) is 0 Å². The Morgan fingerprint density at radius 1 is 1.10 bits per heavy atom. The Kier molecular flexibility index (Phi) is 5.21. The van der Waals surface area contributed by atoms with Crippen LogP contribution in [0.2, 0.25) is 0 Å². The van der Waals surface area contributed by atoms with Crippen molar-refractivity contribution < 1.29 is 14.3 Å². The number of para-hydroxylation sites is 1. The number of anilines is 1. The topological polar surface area (TPSA) is 47.6 Å². The van der Waals surface area contributed by atoms with Crippen molar-refractivity contribution in [2.75, 3.05) is 19.0 Å². The number of ether oxygens (including phenoxy) is 2. The summed E-state index contributed by atoms with van der Waals surface area (Å²) in [5, 5.41) is 3.25. The lowest BCUT2D eigenvalue weighted by atomic mass is 10.1. The van der Waals surface area contributed by atoms with E-state index in [0.29, 0.717) is 18.7 Å². The lowest BCUT2D eigenvalue weighted by molar-refractivity contribution is 0.0602. The minimum absolute atomic E-state index is 0.343. The van der Waals surface area contributed by atoms with Gasteiger partial charge in [-0.15, -0.1) is 0 Å². The van der Waals surface area contributed by atoms with Gasteiger partial charge in [0.05, 0.1) is 19.3 Å². The van der Waals surface area contributed by atoms with Crippen LogP contribution in [0, 0.1) is 0 Å². The second-order valence-corrected chi connectivity index (χ2v) is 4.47. The predicted molar refractivity (Wildman–Crippen MR) is 82.7 cm³/mol. The molecule has 2 aromatic carbocycles. The summed E-state index contributed by atoms with van der Waals surface area (Å²) in [6.45, 7) is 3.24. The minimum atomic E-state index is -0.343. The predicted octanol–water partition coefficient (Wildman–Crippen LogP) is 3.48. The molecule has 2 rings (SSSR count). The molecule has 0 heterocycles. The van der Waals surface area contributed by atoms with Crippen LogP contribution in [0.5, 0.6) is 5.75 Å². The number of carbonyl (C=O) groups is 1. The molecule has 21 heavy (non-hydrogen) atoms. The molecule has 1 N–H and O–H groups in total. The van der Waals surface area contributed by atoms with E-state index in [2.05, 4.69) is 5.32 Å². The summed E-state index contributed by atoms with van der Waals surface area (Å²) in [5.41, 5.74) is 2.40. The molecule has 0 saturated heterocycles. The van der Waals surface area contributed by atoms with Crippen LogP contribution in [0.4, 0.5) is 5.69 Å². The summed E-state index contributed by atoms with van der Waals surface area (Å²) >= 11 is 0. The van der Waals surface area contributed by atoms with Crippen molar-refractivity contribution in [3.63, 3.8) is 0 Å². The molecule has 0 amide bonds. The van der Waals surface area contributed by atoms with Crippen molar-refractivity contribution >= 4 is 11.7 Å². The number of esters is 1. The van der Waals surface area contributed by atoms with Gasteiger partial charge >= 0.3 is 5.97 Å². The molecule has 0 aliphatic rings. The van der Waals surface area contributed by atoms with Gasteiger partial charge in [-0.1, -0.05) is 24.3 Å². The van der Waals surface area contributed by atoms with Crippen molar-refractivity contribution in [2.45, 2.75) is 13.5 Å². The molecule has 4 nitrogen and oxygen atoms in total. The maximum absolute atomic E-state index is 11.7. The Hall–Kier alpha value is -2.49. The zero-order valence-electron chi connectivity index (χ0n) is 12.3. The Labute approximate surface area is 124 Å². The van der Waals surface area contributed by atoms with Gasteiger partial charge in [0.25, 0.3) is 0 Å². The first-order chi connectivity index (χ1) is 10.2. The highest BCUT2D eigenvalue weighted by molar-refractivity contribution is 5.95. The van der Waals surface area contributed by atoms with Gasteiger partial charge in [-0.05, 0) is 36.8 Å². The molecule has 0 fully saturated rings. The number of nitrogens with one attached hydrogen (secondary N) is 1. The summed E-state index contributed by atoms with van der Waals surface area (Å²) in [6.07, 6.45) is 0. The molecule has 0 aliphatic heterocycles. The van der Waals surface area contributed by atoms with Gasteiger partial charge in [0.2, 0.25) is 0 Å². The molecular formula is C17H19NO3. The maximum atomic E-state index is 11.7. The summed E-state index contributed by atoms with van der Waals surface area (Å²) in [4.78, 5) is 11.7. The third-order valence-corrected chi connectivity index (χ3v) is 3.05. The largest absolute Gasteiger partial charge is 0.494 e. The van der Waals surface area contributed by atoms with Crippen molar-refractivity contribution in [1.82, 2.24) is 0 Å². The van der Waals surface area contributed by atoms with Gasteiger partial charge in [-0.2, -0.15) is 0 Å². The highest BCUT2D eigenvalue weighted by Crippen LogP contribution is 2.18. The second kappa shape index (κ2) is 7.33. The summed E-state index contributed by atoms with van der Waals surface area (Å²) in [6, 6.07) is 15.2. The first-order valence-corrected chi connectivity index (χ1v) is 6.87. The standard InChI is InChI=1S/C17H19NO3/c1-3-21-14-10-8-13(9-11-14)12-18-16-7-5-4-6-15(16)17(19)20-2/h4-11,18H,3,12H2,1-2H3. The van der Waals surface area contributed by atoms with E-state index in [-0.39, 0.29) is 5.97 Å². The van der Waals surface area contributed by atoms with Crippen LogP contribution in [0.1, 0.15) is 22.8 Å². The molecule has 0 atom stereocenters. The monoisotopic (exact) mass is 285 g/mol. The van der Waals surface area contributed by atoms with E-state index in [9.17, 15) is 4.79 Å². The lowest BCUT2D eigenvalue weighted by Gasteiger charge is -2.11. The first-order valence-electron chi connectivity index (χ1n) is 6.87. The highest BCUT2D eigenvalue weighted by Gasteiger charge is 2.10. The van der Waals surface area contributed by atoms with E-state index in [4.69, 9.17) is 9.47 Å². The number of rotatable bonds is 6. The molecule has 2 aromatic rings. The Morgan fingerprint density at radius 2 is 1.81 bits per heavy atom. The van der Waals surface area contributed by atoms with Gasteiger partial charge in [-0.25, -0.2) is 4.79 Å². The fraction of sp³-hybridized carbons (Fsp3) is 0.235. The molecule has 0 saturated carbocycles. The number of methoxy groups -OCH3 is 1. The molecule has 0 aliphatic carbocycles. The van der Waals surface area contributed by atoms with E-state index in [0.717, 1.165) is 17.0 Å². The SMILES string of the molecule is CCOc1ccc(CNc2ccccc2C(=O)OC)cc1. The number of benzene rings is 2. The van der Waals surface area contributed by atoms with E-state index in [1.807, 2.05) is 49.4 Å². The maximum Gasteiger partial charge on any atom is 0.339 e. The lowest BCUT2D eigenvalue weighted by Crippen LogP contribution is -2.08. The van der Waals surface area contributed by atoms with Crippen molar-refractivity contribution in [3.05, 3.63) is 59.7 Å². The summed E-state index contributed by atoms with van der Waals surface area (Å²) in [5.74, 6) is 0.515. The number of hydrogen-bond acceptors (Lipinski definition) is 4. The van der Waals surface area contributed by atoms with Crippen LogP contribution in [0.25, 0.3) is 0 Å². The van der Waals surface area contributed by atoms with Crippen LogP contribution in [-0.4, -0.2) is 19.7 Å². The average molecular weight is 285 g/mol. The van der Waals surface area contributed by atoms with Gasteiger partial charge in [0, 0.05) is 12.2 Å². The second-order valence-electron chi connectivity index (χ2n) is 4.47. The molecule has 0 unspecified atom stereocenters. The van der Waals surface area contributed by atoms with Gasteiger partial charge in [0.15, 0.2) is 0 Å². The van der Waals surface area contributed by atoms with E-state index in [1.165, 1.54) is 7.11 Å². The van der Waals surface area contributed by atoms with Gasteiger partial charge in [-0.3, -0.25) is 0 Å². The van der Waals surface area contributed by atoms with Crippen LogP contribution in [-0.2, 0) is 11.3 Å². The fourth-order valence-electron chi connectivity index (χ4n) is 1.99. The molecule has 0 aromatic heterocycles. The van der Waals surface area contributed by atoms with Gasteiger partial charge < -0.3 is 14.8 Å². The Morgan fingerprint density at radius 3 is 2.48 bits per heavy atom. The first kappa shape index (κ1) is 14.9. The zero-order valence-corrected chi connectivity index (χ0v) is 12.3. The van der Waals surface area contributed by atoms with Crippen molar-refractivity contribution in [3.8, 4) is 5.75 Å². The quantitative estimate of drug-likeness (QED) is 0.825. The van der Waals surface area contributed by atoms with Crippen LogP contribution >= 0.6 is 0 Å². The van der Waals surface area contributed by atoms with E-state index < -0.39 is 0 Å². The highest BCUT2D eigenvalue weighted by atomic mass is 16.5. The van der Waals surface area contributed by atoms with Crippen molar-refractivity contribution in [2.24, 2.45) is 0 Å². The normalized spacial score (nSPS) is 10.0. The van der Waals surface area contributed by atoms with Crippen LogP contribution in [0.15, 0.2) is 48.5 Å². The number of hydrogen-bond donors (Lipinski definition) is 1. The summed E-state index contributed by atoms with van der Waals surface area (Å²) in [7, 11) is 1.38. The zero-order chi connectivity index (χ0) is 15.1. The van der Waals surface area contributed by atoms with E-state index in [1.54, 1.807) is 6.07 Å². The Balaban J connectivity index is 2.04. The minimum Gasteiger partial charge on any atom is -0.494 e. The number of carbonyl (C=O) groups excluding carboxylic acids is 1. The van der Waals surface area contributed by atoms with Crippen LogP contribution in [0.3, 0.4) is 0 Å². The molecule has 4 heteroatoms. The van der Waals surface area contributed by atoms with Crippen LogP contribution < -0.4 is 10.1 Å².